The number of ether oxygens (including phenoxy) is 2. The second-order valence-electron chi connectivity index (χ2n) is 8.17. The van der Waals surface area contributed by atoms with Crippen LogP contribution in [-0.4, -0.2) is 82.5 Å². The molecule has 0 spiro atoms. The maximum absolute atomic E-state index is 6.00. The van der Waals surface area contributed by atoms with E-state index < -0.39 is 0 Å². The molecule has 2 saturated heterocycles. The van der Waals surface area contributed by atoms with Crippen LogP contribution in [0.4, 0.5) is 0 Å². The molecule has 1 aromatic rings. The first kappa shape index (κ1) is 22.5. The minimum atomic E-state index is 0.372. The van der Waals surface area contributed by atoms with Gasteiger partial charge in [-0.15, -0.1) is 11.3 Å². The van der Waals surface area contributed by atoms with Crippen LogP contribution in [0.3, 0.4) is 0 Å². The molecule has 0 aliphatic carbocycles. The largest absolute Gasteiger partial charge is 0.385 e. The third-order valence-electron chi connectivity index (χ3n) is 6.16. The van der Waals surface area contributed by atoms with E-state index in [0.717, 1.165) is 58.1 Å². The van der Waals surface area contributed by atoms with E-state index in [-0.39, 0.29) is 0 Å². The van der Waals surface area contributed by atoms with Gasteiger partial charge in [-0.2, -0.15) is 0 Å². The molecule has 0 radical (unpaired) electrons. The molecule has 2 atom stereocenters. The summed E-state index contributed by atoms with van der Waals surface area (Å²) in [4.78, 5) is 11.0. The molecule has 1 N–H and O–H groups in total. The zero-order valence-corrected chi connectivity index (χ0v) is 19.1. The first-order valence-electron chi connectivity index (χ1n) is 11.0. The normalized spacial score (nSPS) is 24.8. The second-order valence-corrected chi connectivity index (χ2v) is 9.15. The van der Waals surface area contributed by atoms with Gasteiger partial charge < -0.3 is 19.7 Å². The number of aliphatic imine (C=N–C) groups is 1. The van der Waals surface area contributed by atoms with Gasteiger partial charge in [0.25, 0.3) is 0 Å². The highest BCUT2D eigenvalue weighted by atomic mass is 32.1. The molecule has 2 fully saturated rings. The van der Waals surface area contributed by atoms with Crippen molar-refractivity contribution in [3.05, 3.63) is 22.4 Å². The summed E-state index contributed by atoms with van der Waals surface area (Å²) in [5, 5.41) is 5.89. The van der Waals surface area contributed by atoms with Crippen LogP contribution in [0.15, 0.2) is 22.5 Å². The minimum Gasteiger partial charge on any atom is -0.385 e. The lowest BCUT2D eigenvalue weighted by Gasteiger charge is -2.40. The van der Waals surface area contributed by atoms with Crippen molar-refractivity contribution in [3.63, 3.8) is 0 Å². The fourth-order valence-corrected chi connectivity index (χ4v) is 5.61. The number of rotatable bonds is 8. The van der Waals surface area contributed by atoms with Gasteiger partial charge in [-0.05, 0) is 63.1 Å². The SMILES string of the molecule is CN=C(NCC1CCCN(C)C1c1cccs1)N1CCC(OCCCOC)CC1. The smallest absolute Gasteiger partial charge is 0.193 e. The fraction of sp³-hybridized carbons (Fsp3) is 0.773. The van der Waals surface area contributed by atoms with Gasteiger partial charge in [-0.1, -0.05) is 6.07 Å². The summed E-state index contributed by atoms with van der Waals surface area (Å²) < 4.78 is 11.1. The van der Waals surface area contributed by atoms with E-state index in [9.17, 15) is 0 Å². The van der Waals surface area contributed by atoms with Crippen LogP contribution in [-0.2, 0) is 9.47 Å². The van der Waals surface area contributed by atoms with Crippen LogP contribution in [0.25, 0.3) is 0 Å². The minimum absolute atomic E-state index is 0.372. The van der Waals surface area contributed by atoms with Crippen LogP contribution >= 0.6 is 11.3 Å². The van der Waals surface area contributed by atoms with Crippen molar-refractivity contribution in [2.45, 2.75) is 44.2 Å². The van der Waals surface area contributed by atoms with Gasteiger partial charge in [0, 0.05) is 57.9 Å². The van der Waals surface area contributed by atoms with E-state index in [1.165, 1.54) is 24.3 Å². The van der Waals surface area contributed by atoms with E-state index in [2.05, 4.69) is 44.7 Å². The average Bonchev–Trinajstić information content (AvgIpc) is 3.27. The molecule has 164 valence electrons. The van der Waals surface area contributed by atoms with Crippen molar-refractivity contribution in [1.29, 1.82) is 0 Å². The molecule has 0 amide bonds. The summed E-state index contributed by atoms with van der Waals surface area (Å²) in [6.07, 6.45) is 6.02. The van der Waals surface area contributed by atoms with Gasteiger partial charge in [0.05, 0.1) is 6.10 Å². The van der Waals surface area contributed by atoms with Gasteiger partial charge in [-0.3, -0.25) is 9.89 Å². The zero-order chi connectivity index (χ0) is 20.5. The maximum atomic E-state index is 6.00. The van der Waals surface area contributed by atoms with Crippen LogP contribution in [0, 0.1) is 5.92 Å². The standard InChI is InChI=1S/C22H38N4O2S/c1-23-22(26-12-9-19(10-13-26)28-15-6-14-27-3)24-17-18-7-4-11-25(2)21(18)20-8-5-16-29-20/h5,8,16,18-19,21H,4,6-7,9-15,17H2,1-3H3,(H,23,24). The molecule has 0 saturated carbocycles. The molecule has 1 aromatic heterocycles. The van der Waals surface area contributed by atoms with Gasteiger partial charge in [0.2, 0.25) is 0 Å². The molecule has 7 heteroatoms. The van der Waals surface area contributed by atoms with Crippen molar-refractivity contribution >= 4 is 17.3 Å². The van der Waals surface area contributed by atoms with Gasteiger partial charge in [0.1, 0.15) is 0 Å². The first-order valence-corrected chi connectivity index (χ1v) is 11.9. The third-order valence-corrected chi connectivity index (χ3v) is 7.11. The lowest BCUT2D eigenvalue weighted by atomic mass is 9.88. The lowest BCUT2D eigenvalue weighted by molar-refractivity contribution is 0.00981. The number of piperidine rings is 2. The lowest BCUT2D eigenvalue weighted by Crippen LogP contribution is -2.49. The molecule has 0 bridgehead atoms. The maximum Gasteiger partial charge on any atom is 0.193 e. The van der Waals surface area contributed by atoms with Crippen molar-refractivity contribution in [2.75, 3.05) is 60.6 Å². The molecular weight excluding hydrogens is 384 g/mol. The summed E-state index contributed by atoms with van der Waals surface area (Å²) in [5.41, 5.74) is 0. The number of hydrogen-bond donors (Lipinski definition) is 1. The highest BCUT2D eigenvalue weighted by molar-refractivity contribution is 7.10. The number of nitrogens with zero attached hydrogens (tertiary/aromatic N) is 3. The predicted octanol–water partition coefficient (Wildman–Crippen LogP) is 3.22. The Labute approximate surface area is 180 Å². The molecule has 2 aliphatic heterocycles. The molecule has 3 heterocycles. The Morgan fingerprint density at radius 2 is 2.07 bits per heavy atom. The zero-order valence-electron chi connectivity index (χ0n) is 18.3. The molecule has 2 aliphatic rings. The van der Waals surface area contributed by atoms with Crippen LogP contribution in [0.5, 0.6) is 0 Å². The van der Waals surface area contributed by atoms with Crippen molar-refractivity contribution in [3.8, 4) is 0 Å². The Bertz CT molecular complexity index is 602. The summed E-state index contributed by atoms with van der Waals surface area (Å²) in [7, 11) is 5.91. The van der Waals surface area contributed by atoms with Crippen molar-refractivity contribution in [1.82, 2.24) is 15.1 Å². The molecule has 29 heavy (non-hydrogen) atoms. The highest BCUT2D eigenvalue weighted by Gasteiger charge is 2.31. The van der Waals surface area contributed by atoms with E-state index in [1.54, 1.807) is 7.11 Å². The van der Waals surface area contributed by atoms with Crippen molar-refractivity contribution in [2.24, 2.45) is 10.9 Å². The fourth-order valence-electron chi connectivity index (χ4n) is 4.62. The number of likely N-dealkylation sites (tertiary alicyclic amines) is 2. The second kappa shape index (κ2) is 11.9. The highest BCUT2D eigenvalue weighted by Crippen LogP contribution is 2.36. The van der Waals surface area contributed by atoms with Gasteiger partial charge in [0.15, 0.2) is 5.96 Å². The Morgan fingerprint density at radius 3 is 2.76 bits per heavy atom. The molecule has 2 unspecified atom stereocenters. The average molecular weight is 423 g/mol. The van der Waals surface area contributed by atoms with E-state index in [0.29, 0.717) is 18.1 Å². The third kappa shape index (κ3) is 6.41. The quantitative estimate of drug-likeness (QED) is 0.396. The number of methoxy groups -OCH3 is 1. The summed E-state index contributed by atoms with van der Waals surface area (Å²) in [6, 6.07) is 4.98. The molecular formula is C22H38N4O2S. The first-order chi connectivity index (χ1) is 14.2. The van der Waals surface area contributed by atoms with Gasteiger partial charge in [-0.25, -0.2) is 0 Å². The Morgan fingerprint density at radius 1 is 1.24 bits per heavy atom. The molecule has 0 aromatic carbocycles. The summed E-state index contributed by atoms with van der Waals surface area (Å²) >= 11 is 1.88. The number of guanidine groups is 1. The monoisotopic (exact) mass is 422 g/mol. The van der Waals surface area contributed by atoms with Crippen molar-refractivity contribution < 1.29 is 9.47 Å². The topological polar surface area (TPSA) is 49.3 Å². The van der Waals surface area contributed by atoms with Crippen LogP contribution in [0.2, 0.25) is 0 Å². The molecule has 3 rings (SSSR count). The Hall–Kier alpha value is -1.15. The predicted molar refractivity (Wildman–Crippen MR) is 121 cm³/mol. The van der Waals surface area contributed by atoms with Crippen LogP contribution in [0.1, 0.15) is 43.0 Å². The summed E-state index contributed by atoms with van der Waals surface area (Å²) in [5.74, 6) is 1.66. The van der Waals surface area contributed by atoms with Gasteiger partial charge >= 0.3 is 0 Å². The Balaban J connectivity index is 1.46. The van der Waals surface area contributed by atoms with E-state index >= 15 is 0 Å². The number of thiophene rings is 1. The summed E-state index contributed by atoms with van der Waals surface area (Å²) in [6.45, 7) is 5.75. The number of nitrogens with one attached hydrogen (secondary N) is 1. The van der Waals surface area contributed by atoms with Crippen LogP contribution < -0.4 is 5.32 Å². The Kier molecular flexibility index (Phi) is 9.24. The van der Waals surface area contributed by atoms with E-state index in [4.69, 9.17) is 9.47 Å². The number of hydrogen-bond acceptors (Lipinski definition) is 5. The van der Waals surface area contributed by atoms with E-state index in [1.807, 2.05) is 18.4 Å². The molecule has 6 nitrogen and oxygen atoms in total.